The fraction of sp³-hybridized carbons (Fsp3) is 0.276. The maximum Gasteiger partial charge on any atom is 0.341 e. The van der Waals surface area contributed by atoms with Gasteiger partial charge in [0.1, 0.15) is 17.4 Å². The van der Waals surface area contributed by atoms with E-state index >= 15 is 0 Å². The van der Waals surface area contributed by atoms with Gasteiger partial charge >= 0.3 is 5.97 Å². The van der Waals surface area contributed by atoms with E-state index in [9.17, 15) is 23.2 Å². The van der Waals surface area contributed by atoms with Crippen LogP contribution in [0.25, 0.3) is 0 Å². The Kier molecular flexibility index (Phi) is 8.35. The Morgan fingerprint density at radius 2 is 1.63 bits per heavy atom. The second-order valence-corrected chi connectivity index (χ2v) is 8.88. The van der Waals surface area contributed by atoms with E-state index in [0.29, 0.717) is 37.4 Å². The number of hydrogen-bond donors (Lipinski definition) is 1. The predicted octanol–water partition coefficient (Wildman–Crippen LogP) is 5.42. The molecule has 1 saturated heterocycles. The minimum Gasteiger partial charge on any atom is -0.497 e. The van der Waals surface area contributed by atoms with Crippen LogP contribution in [0, 0.1) is 11.6 Å². The molecule has 0 aliphatic carbocycles. The molecule has 1 aliphatic heterocycles. The summed E-state index contributed by atoms with van der Waals surface area (Å²) in [6.07, 6.45) is 1.42. The first-order chi connectivity index (χ1) is 18.3. The third-order valence-electron chi connectivity index (χ3n) is 6.57. The SMILES string of the molecule is CCOC(=O)c1cccc(C(=O)Nc2ccc(C3CCN(C(=O)c4ccc(OC)cc4F)CC3)cc2)c1F. The largest absolute Gasteiger partial charge is 0.497 e. The third kappa shape index (κ3) is 5.82. The summed E-state index contributed by atoms with van der Waals surface area (Å²) in [6.45, 7) is 2.69. The summed E-state index contributed by atoms with van der Waals surface area (Å²) < 4.78 is 38.9. The lowest BCUT2D eigenvalue weighted by molar-refractivity contribution is 0.0520. The van der Waals surface area contributed by atoms with Gasteiger partial charge in [-0.15, -0.1) is 0 Å². The molecule has 198 valence electrons. The summed E-state index contributed by atoms with van der Waals surface area (Å²) in [5.41, 5.74) is 0.983. The van der Waals surface area contributed by atoms with Gasteiger partial charge in [0.2, 0.25) is 0 Å². The molecule has 0 radical (unpaired) electrons. The van der Waals surface area contributed by atoms with Crippen LogP contribution in [-0.4, -0.2) is 49.5 Å². The number of esters is 1. The molecule has 3 aromatic carbocycles. The maximum absolute atomic E-state index is 14.7. The maximum atomic E-state index is 14.7. The van der Waals surface area contributed by atoms with Gasteiger partial charge in [0.25, 0.3) is 11.8 Å². The molecule has 7 nitrogen and oxygen atoms in total. The number of likely N-dealkylation sites (tertiary alicyclic amines) is 1. The summed E-state index contributed by atoms with van der Waals surface area (Å²) in [5.74, 6) is -2.85. The molecule has 1 fully saturated rings. The number of piperidine rings is 1. The first-order valence-electron chi connectivity index (χ1n) is 12.3. The molecule has 1 heterocycles. The van der Waals surface area contributed by atoms with Crippen molar-refractivity contribution < 1.29 is 32.6 Å². The molecule has 0 aromatic heterocycles. The number of ether oxygens (including phenoxy) is 2. The van der Waals surface area contributed by atoms with Gasteiger partial charge < -0.3 is 19.7 Å². The summed E-state index contributed by atoms with van der Waals surface area (Å²) in [5, 5.41) is 2.65. The number of nitrogens with one attached hydrogen (secondary N) is 1. The lowest BCUT2D eigenvalue weighted by Gasteiger charge is -2.32. The first-order valence-corrected chi connectivity index (χ1v) is 12.3. The van der Waals surface area contributed by atoms with Crippen molar-refractivity contribution in [3.8, 4) is 5.75 Å². The third-order valence-corrected chi connectivity index (χ3v) is 6.57. The van der Waals surface area contributed by atoms with Crippen molar-refractivity contribution in [2.75, 3.05) is 32.1 Å². The van der Waals surface area contributed by atoms with Gasteiger partial charge in [0, 0.05) is 24.8 Å². The smallest absolute Gasteiger partial charge is 0.341 e. The Hall–Kier alpha value is -4.27. The van der Waals surface area contributed by atoms with Crippen molar-refractivity contribution in [2.24, 2.45) is 0 Å². The zero-order valence-corrected chi connectivity index (χ0v) is 21.1. The quantitative estimate of drug-likeness (QED) is 0.419. The van der Waals surface area contributed by atoms with Crippen LogP contribution in [0.1, 0.15) is 62.3 Å². The number of nitrogens with zero attached hydrogens (tertiary/aromatic N) is 1. The van der Waals surface area contributed by atoms with Crippen LogP contribution in [-0.2, 0) is 4.74 Å². The van der Waals surface area contributed by atoms with Gasteiger partial charge in [0.15, 0.2) is 0 Å². The molecule has 0 bridgehead atoms. The van der Waals surface area contributed by atoms with E-state index in [-0.39, 0.29) is 35.1 Å². The summed E-state index contributed by atoms with van der Waals surface area (Å²) >= 11 is 0. The van der Waals surface area contributed by atoms with Gasteiger partial charge in [-0.3, -0.25) is 9.59 Å². The summed E-state index contributed by atoms with van der Waals surface area (Å²) in [4.78, 5) is 39.0. The standard InChI is InChI=1S/C29H28F2N2O5/c1-3-38-29(36)24-6-4-5-23(26(24)31)27(34)32-20-9-7-18(8-10-20)19-13-15-33(16-14-19)28(35)22-12-11-21(37-2)17-25(22)30/h4-12,17,19H,3,13-16H2,1-2H3,(H,32,34). The van der Waals surface area contributed by atoms with Crippen molar-refractivity contribution in [1.82, 2.24) is 4.90 Å². The fourth-order valence-electron chi connectivity index (χ4n) is 4.49. The molecule has 0 unspecified atom stereocenters. The number of carbonyl (C=O) groups excluding carboxylic acids is 3. The van der Waals surface area contributed by atoms with E-state index in [4.69, 9.17) is 9.47 Å². The molecule has 3 aromatic rings. The molecule has 9 heteroatoms. The Balaban J connectivity index is 1.36. The molecule has 0 saturated carbocycles. The molecule has 0 atom stereocenters. The van der Waals surface area contributed by atoms with Crippen molar-refractivity contribution in [3.63, 3.8) is 0 Å². The topological polar surface area (TPSA) is 84.9 Å². The molecule has 2 amide bonds. The number of halogens is 2. The van der Waals surface area contributed by atoms with Crippen LogP contribution in [0.3, 0.4) is 0 Å². The van der Waals surface area contributed by atoms with Gasteiger partial charge in [-0.1, -0.05) is 18.2 Å². The molecule has 0 spiro atoms. The van der Waals surface area contributed by atoms with Crippen LogP contribution in [0.4, 0.5) is 14.5 Å². The van der Waals surface area contributed by atoms with Crippen LogP contribution in [0.5, 0.6) is 5.75 Å². The average Bonchev–Trinajstić information content (AvgIpc) is 2.93. The number of hydrogen-bond acceptors (Lipinski definition) is 5. The van der Waals surface area contributed by atoms with E-state index in [2.05, 4.69) is 5.32 Å². The van der Waals surface area contributed by atoms with E-state index in [1.807, 2.05) is 12.1 Å². The molecule has 38 heavy (non-hydrogen) atoms. The minimum atomic E-state index is -0.934. The lowest BCUT2D eigenvalue weighted by Crippen LogP contribution is -2.38. The second kappa shape index (κ2) is 11.9. The molecule has 4 rings (SSSR count). The van der Waals surface area contributed by atoms with Crippen molar-refractivity contribution in [1.29, 1.82) is 0 Å². The second-order valence-electron chi connectivity index (χ2n) is 8.88. The number of benzene rings is 3. The first kappa shape index (κ1) is 26.8. The normalized spacial score (nSPS) is 13.6. The minimum absolute atomic E-state index is 0.0218. The molecular formula is C29H28F2N2O5. The van der Waals surface area contributed by atoms with Crippen LogP contribution < -0.4 is 10.1 Å². The number of rotatable bonds is 7. The highest BCUT2D eigenvalue weighted by Crippen LogP contribution is 2.30. The Bertz CT molecular complexity index is 1340. The average molecular weight is 523 g/mol. The number of anilines is 1. The summed E-state index contributed by atoms with van der Waals surface area (Å²) in [7, 11) is 1.44. The molecule has 1 aliphatic rings. The Morgan fingerprint density at radius 3 is 2.26 bits per heavy atom. The van der Waals surface area contributed by atoms with E-state index in [0.717, 1.165) is 5.56 Å². The zero-order chi connectivity index (χ0) is 27.2. The monoisotopic (exact) mass is 522 g/mol. The fourth-order valence-corrected chi connectivity index (χ4v) is 4.49. The Morgan fingerprint density at radius 1 is 0.947 bits per heavy atom. The lowest BCUT2D eigenvalue weighted by atomic mass is 9.89. The van der Waals surface area contributed by atoms with Crippen LogP contribution in [0.2, 0.25) is 0 Å². The van der Waals surface area contributed by atoms with E-state index < -0.39 is 23.5 Å². The van der Waals surface area contributed by atoms with Gasteiger partial charge in [0.05, 0.1) is 30.4 Å². The van der Waals surface area contributed by atoms with Gasteiger partial charge in [-0.2, -0.15) is 0 Å². The predicted molar refractivity (Wildman–Crippen MR) is 138 cm³/mol. The van der Waals surface area contributed by atoms with Crippen LogP contribution >= 0.6 is 0 Å². The number of carbonyl (C=O) groups is 3. The van der Waals surface area contributed by atoms with Gasteiger partial charge in [-0.25, -0.2) is 13.6 Å². The highest BCUT2D eigenvalue weighted by molar-refractivity contribution is 6.06. The number of amides is 2. The van der Waals surface area contributed by atoms with E-state index in [1.165, 1.54) is 37.4 Å². The van der Waals surface area contributed by atoms with Crippen molar-refractivity contribution in [2.45, 2.75) is 25.7 Å². The molecule has 1 N–H and O–H groups in total. The summed E-state index contributed by atoms with van der Waals surface area (Å²) in [6, 6.07) is 15.4. The highest BCUT2D eigenvalue weighted by atomic mass is 19.1. The zero-order valence-electron chi connectivity index (χ0n) is 21.1. The van der Waals surface area contributed by atoms with E-state index in [1.54, 1.807) is 30.0 Å². The van der Waals surface area contributed by atoms with Crippen molar-refractivity contribution in [3.05, 3.63) is 94.6 Å². The highest BCUT2D eigenvalue weighted by Gasteiger charge is 2.26. The number of methoxy groups -OCH3 is 1. The Labute approximate surface area is 219 Å². The molecular weight excluding hydrogens is 494 g/mol. The van der Waals surface area contributed by atoms with Crippen LogP contribution in [0.15, 0.2) is 60.7 Å². The van der Waals surface area contributed by atoms with Gasteiger partial charge in [-0.05, 0) is 67.6 Å². The van der Waals surface area contributed by atoms with Crippen molar-refractivity contribution >= 4 is 23.5 Å².